The van der Waals surface area contributed by atoms with Crippen LogP contribution in [0.2, 0.25) is 5.02 Å². The van der Waals surface area contributed by atoms with Crippen LogP contribution in [0.4, 0.5) is 15.8 Å². The molecule has 0 aliphatic rings. The number of nitrogens with zero attached hydrogens (tertiary/aromatic N) is 5. The van der Waals surface area contributed by atoms with Crippen LogP contribution >= 0.6 is 11.6 Å². The Balaban J connectivity index is 1.84. The Morgan fingerprint density at radius 1 is 1.33 bits per heavy atom. The van der Waals surface area contributed by atoms with Gasteiger partial charge in [0.1, 0.15) is 23.7 Å². The maximum Gasteiger partial charge on any atom is 0.309 e. The van der Waals surface area contributed by atoms with Gasteiger partial charge >= 0.3 is 5.69 Å². The molecule has 158 valence electrons. The largest absolute Gasteiger partial charge is 0.321 e. The number of amides is 1. The fraction of sp³-hybridized carbons (Fsp3) is 0.316. The number of nitro groups is 1. The van der Waals surface area contributed by atoms with E-state index < -0.39 is 22.7 Å². The van der Waals surface area contributed by atoms with Crippen molar-refractivity contribution in [3.63, 3.8) is 0 Å². The summed E-state index contributed by atoms with van der Waals surface area (Å²) in [6.45, 7) is 6.69. The van der Waals surface area contributed by atoms with E-state index in [1.807, 2.05) is 0 Å². The molecular formula is C19H20ClFN6O3. The zero-order valence-electron chi connectivity index (χ0n) is 16.8. The molecule has 1 amide bonds. The topological polar surface area (TPSA) is 108 Å². The van der Waals surface area contributed by atoms with Gasteiger partial charge in [0, 0.05) is 10.6 Å². The summed E-state index contributed by atoms with van der Waals surface area (Å²) in [5.74, 6) is -0.851. The SMILES string of the molecule is Cc1nn(Cc2c(F)cccc2Cl)c(C)c1NC(=O)C(C)n1ncc([N+](=O)[O-])c1C. The molecule has 1 aromatic carbocycles. The first kappa shape index (κ1) is 21.4. The summed E-state index contributed by atoms with van der Waals surface area (Å²) in [5, 5.41) is 22.4. The predicted molar refractivity (Wildman–Crippen MR) is 109 cm³/mol. The first-order valence-corrected chi connectivity index (χ1v) is 9.45. The number of carbonyl (C=O) groups excluding carboxylic acids is 1. The summed E-state index contributed by atoms with van der Waals surface area (Å²) in [6, 6.07) is 3.66. The zero-order chi connectivity index (χ0) is 22.2. The van der Waals surface area contributed by atoms with Crippen LogP contribution in [0.3, 0.4) is 0 Å². The van der Waals surface area contributed by atoms with E-state index in [0.29, 0.717) is 22.6 Å². The number of halogens is 2. The molecule has 3 rings (SSSR count). The van der Waals surface area contributed by atoms with Gasteiger partial charge in [-0.25, -0.2) is 4.39 Å². The van der Waals surface area contributed by atoms with E-state index in [2.05, 4.69) is 15.5 Å². The standard InChI is InChI=1S/C19H20ClFN6O3/c1-10-18(12(3)25(24-10)9-14-15(20)6-5-7-16(14)21)23-19(28)13(4)26-11(2)17(8-22-26)27(29)30/h5-8,13H,9H2,1-4H3,(H,23,28). The van der Waals surface area contributed by atoms with Crippen LogP contribution in [0.15, 0.2) is 24.4 Å². The van der Waals surface area contributed by atoms with Gasteiger partial charge in [0.15, 0.2) is 0 Å². The minimum Gasteiger partial charge on any atom is -0.321 e. The second kappa shape index (κ2) is 8.23. The molecule has 2 heterocycles. The van der Waals surface area contributed by atoms with Crippen LogP contribution in [0.5, 0.6) is 0 Å². The third kappa shape index (κ3) is 3.90. The molecule has 11 heteroatoms. The van der Waals surface area contributed by atoms with Gasteiger partial charge in [-0.1, -0.05) is 17.7 Å². The van der Waals surface area contributed by atoms with Gasteiger partial charge < -0.3 is 5.32 Å². The highest BCUT2D eigenvalue weighted by molar-refractivity contribution is 6.31. The van der Waals surface area contributed by atoms with Crippen molar-refractivity contribution in [3.8, 4) is 0 Å². The Bertz CT molecular complexity index is 1120. The van der Waals surface area contributed by atoms with Gasteiger partial charge in [0.25, 0.3) is 0 Å². The number of nitrogens with one attached hydrogen (secondary N) is 1. The summed E-state index contributed by atoms with van der Waals surface area (Å²) in [4.78, 5) is 23.2. The number of hydrogen-bond acceptors (Lipinski definition) is 5. The Morgan fingerprint density at radius 3 is 2.63 bits per heavy atom. The van der Waals surface area contributed by atoms with Crippen molar-refractivity contribution >= 4 is 28.9 Å². The lowest BCUT2D eigenvalue weighted by atomic mass is 10.2. The summed E-state index contributed by atoms with van der Waals surface area (Å²) < 4.78 is 17.0. The lowest BCUT2D eigenvalue weighted by Crippen LogP contribution is -2.25. The first-order chi connectivity index (χ1) is 14.1. The van der Waals surface area contributed by atoms with Gasteiger partial charge in [0.2, 0.25) is 5.91 Å². The van der Waals surface area contributed by atoms with Crippen molar-refractivity contribution in [2.75, 3.05) is 5.32 Å². The summed E-state index contributed by atoms with van der Waals surface area (Å²) in [6.07, 6.45) is 1.12. The van der Waals surface area contributed by atoms with Crippen molar-refractivity contribution in [1.29, 1.82) is 0 Å². The molecule has 0 radical (unpaired) electrons. The molecule has 0 aliphatic heterocycles. The molecule has 0 spiro atoms. The average Bonchev–Trinajstić information content (AvgIpc) is 3.19. The van der Waals surface area contributed by atoms with Crippen molar-refractivity contribution in [3.05, 3.63) is 68.0 Å². The van der Waals surface area contributed by atoms with Crippen LogP contribution in [0.1, 0.15) is 35.6 Å². The zero-order valence-corrected chi connectivity index (χ0v) is 17.6. The number of aryl methyl sites for hydroxylation is 1. The average molecular weight is 435 g/mol. The summed E-state index contributed by atoms with van der Waals surface area (Å²) in [7, 11) is 0. The fourth-order valence-electron chi connectivity index (χ4n) is 3.19. The molecule has 9 nitrogen and oxygen atoms in total. The highest BCUT2D eigenvalue weighted by atomic mass is 35.5. The molecule has 1 atom stereocenters. The molecule has 30 heavy (non-hydrogen) atoms. The molecule has 1 unspecified atom stereocenters. The Hall–Kier alpha value is -3.27. The van der Waals surface area contributed by atoms with Crippen molar-refractivity contribution in [2.45, 2.75) is 40.3 Å². The smallest absolute Gasteiger partial charge is 0.309 e. The van der Waals surface area contributed by atoms with E-state index in [-0.39, 0.29) is 22.9 Å². The highest BCUT2D eigenvalue weighted by Crippen LogP contribution is 2.26. The Morgan fingerprint density at radius 2 is 2.03 bits per heavy atom. The van der Waals surface area contributed by atoms with Crippen molar-refractivity contribution in [1.82, 2.24) is 19.6 Å². The molecule has 3 aromatic rings. The number of benzene rings is 1. The van der Waals surface area contributed by atoms with Gasteiger partial charge in [-0.2, -0.15) is 10.2 Å². The van der Waals surface area contributed by atoms with E-state index >= 15 is 0 Å². The lowest BCUT2D eigenvalue weighted by Gasteiger charge is -2.14. The minimum atomic E-state index is -0.790. The van der Waals surface area contributed by atoms with Gasteiger partial charge in [-0.15, -0.1) is 0 Å². The van der Waals surface area contributed by atoms with Gasteiger partial charge in [0.05, 0.1) is 28.5 Å². The van der Waals surface area contributed by atoms with Crippen LogP contribution in [-0.2, 0) is 11.3 Å². The van der Waals surface area contributed by atoms with Crippen LogP contribution in [0.25, 0.3) is 0 Å². The van der Waals surface area contributed by atoms with E-state index in [1.54, 1.807) is 31.5 Å². The summed E-state index contributed by atoms with van der Waals surface area (Å²) in [5.41, 5.74) is 2.07. The highest BCUT2D eigenvalue weighted by Gasteiger charge is 2.25. The molecule has 0 aliphatic carbocycles. The molecule has 0 bridgehead atoms. The quantitative estimate of drug-likeness (QED) is 0.466. The van der Waals surface area contributed by atoms with Crippen LogP contribution < -0.4 is 5.32 Å². The molecule has 0 saturated carbocycles. The van der Waals surface area contributed by atoms with E-state index in [9.17, 15) is 19.3 Å². The Labute approximate surface area is 176 Å². The molecule has 0 fully saturated rings. The normalized spacial score (nSPS) is 12.1. The molecular weight excluding hydrogens is 415 g/mol. The van der Waals surface area contributed by atoms with Crippen LogP contribution in [-0.4, -0.2) is 30.4 Å². The van der Waals surface area contributed by atoms with E-state index in [4.69, 9.17) is 11.6 Å². The third-order valence-corrected chi connectivity index (χ3v) is 5.32. The third-order valence-electron chi connectivity index (χ3n) is 4.96. The van der Waals surface area contributed by atoms with Crippen molar-refractivity contribution in [2.24, 2.45) is 0 Å². The Kier molecular flexibility index (Phi) is 5.88. The molecule has 2 aromatic heterocycles. The van der Waals surface area contributed by atoms with Crippen molar-refractivity contribution < 1.29 is 14.1 Å². The monoisotopic (exact) mass is 434 g/mol. The second-order valence-electron chi connectivity index (χ2n) is 6.89. The number of aromatic nitrogens is 4. The molecule has 1 N–H and O–H groups in total. The number of rotatable bonds is 6. The summed E-state index contributed by atoms with van der Waals surface area (Å²) >= 11 is 6.10. The number of anilines is 1. The van der Waals surface area contributed by atoms with Gasteiger partial charge in [-0.05, 0) is 39.8 Å². The minimum absolute atomic E-state index is 0.105. The predicted octanol–water partition coefficient (Wildman–Crippen LogP) is 3.95. The maximum atomic E-state index is 14.1. The molecule has 0 saturated heterocycles. The number of carbonyl (C=O) groups is 1. The first-order valence-electron chi connectivity index (χ1n) is 9.08. The van der Waals surface area contributed by atoms with E-state index in [1.165, 1.54) is 23.7 Å². The van der Waals surface area contributed by atoms with Gasteiger partial charge in [-0.3, -0.25) is 24.3 Å². The lowest BCUT2D eigenvalue weighted by molar-refractivity contribution is -0.385. The van der Waals surface area contributed by atoms with Crippen LogP contribution in [0, 0.1) is 36.7 Å². The van der Waals surface area contributed by atoms with E-state index in [0.717, 1.165) is 6.20 Å². The number of hydrogen-bond donors (Lipinski definition) is 1. The maximum absolute atomic E-state index is 14.1. The fourth-order valence-corrected chi connectivity index (χ4v) is 3.41. The second-order valence-corrected chi connectivity index (χ2v) is 7.29.